The third-order valence-corrected chi connectivity index (χ3v) is 5.93. The van der Waals surface area contributed by atoms with Gasteiger partial charge in [-0.3, -0.25) is 0 Å². The zero-order valence-corrected chi connectivity index (χ0v) is 13.4. The zero-order chi connectivity index (χ0) is 14.0. The number of nitrogens with zero attached hydrogens (tertiary/aromatic N) is 1. The Kier molecular flexibility index (Phi) is 4.56. The van der Waals surface area contributed by atoms with Crippen molar-refractivity contribution in [1.82, 2.24) is 4.98 Å². The lowest BCUT2D eigenvalue weighted by atomic mass is 9.91. The van der Waals surface area contributed by atoms with E-state index in [9.17, 15) is 9.90 Å². The van der Waals surface area contributed by atoms with Crippen molar-refractivity contribution in [3.05, 3.63) is 15.6 Å². The Morgan fingerprint density at radius 1 is 1.42 bits per heavy atom. The third-order valence-electron chi connectivity index (χ3n) is 3.32. The van der Waals surface area contributed by atoms with Crippen LogP contribution in [0.15, 0.2) is 0 Å². The lowest BCUT2D eigenvalue weighted by molar-refractivity contribution is 0.0699. The largest absolute Gasteiger partial charge is 0.477 e. The topological polar surface area (TPSA) is 50.2 Å². The first-order valence-corrected chi connectivity index (χ1v) is 8.59. The van der Waals surface area contributed by atoms with Crippen LogP contribution in [0.25, 0.3) is 0 Å². The molecular weight excluding hydrogens is 278 g/mol. The average Bonchev–Trinajstić information content (AvgIpc) is 2.94. The number of aromatic nitrogens is 1. The van der Waals surface area contributed by atoms with E-state index in [0.717, 1.165) is 21.7 Å². The van der Waals surface area contributed by atoms with Crippen LogP contribution in [0.5, 0.6) is 0 Å². The molecular formula is C14H21NO2S2. The number of carbonyl (C=O) groups is 1. The minimum atomic E-state index is -0.848. The fraction of sp³-hybridized carbons (Fsp3) is 0.714. The predicted molar refractivity (Wildman–Crippen MR) is 81.3 cm³/mol. The highest BCUT2D eigenvalue weighted by Crippen LogP contribution is 2.35. The molecule has 1 aliphatic rings. The maximum absolute atomic E-state index is 11.3. The molecule has 1 fully saturated rings. The lowest BCUT2D eigenvalue weighted by Gasteiger charge is -2.16. The van der Waals surface area contributed by atoms with Gasteiger partial charge in [0, 0.05) is 16.4 Å². The summed E-state index contributed by atoms with van der Waals surface area (Å²) in [6, 6.07) is 0. The summed E-state index contributed by atoms with van der Waals surface area (Å²) in [5, 5.41) is 11.0. The number of thioether (sulfide) groups is 1. The van der Waals surface area contributed by atoms with Crippen molar-refractivity contribution in [1.29, 1.82) is 0 Å². The molecule has 1 saturated carbocycles. The molecule has 106 valence electrons. The van der Waals surface area contributed by atoms with E-state index in [1.165, 1.54) is 37.0 Å². The second kappa shape index (κ2) is 5.83. The van der Waals surface area contributed by atoms with Gasteiger partial charge < -0.3 is 5.11 Å². The fourth-order valence-electron chi connectivity index (χ4n) is 2.32. The van der Waals surface area contributed by atoms with E-state index in [0.29, 0.717) is 4.88 Å². The summed E-state index contributed by atoms with van der Waals surface area (Å²) in [6.45, 7) is 6.05. The molecule has 0 aromatic carbocycles. The molecule has 2 rings (SSSR count). The van der Waals surface area contributed by atoms with Crippen LogP contribution < -0.4 is 0 Å². The van der Waals surface area contributed by atoms with Gasteiger partial charge in [-0.15, -0.1) is 11.3 Å². The van der Waals surface area contributed by atoms with Crippen LogP contribution in [-0.2, 0) is 11.2 Å². The molecule has 3 nitrogen and oxygen atoms in total. The lowest BCUT2D eigenvalue weighted by Crippen LogP contribution is -2.16. The normalized spacial score (nSPS) is 17.0. The minimum Gasteiger partial charge on any atom is -0.477 e. The molecule has 0 spiro atoms. The van der Waals surface area contributed by atoms with Crippen molar-refractivity contribution in [2.75, 3.05) is 0 Å². The van der Waals surface area contributed by atoms with Crippen LogP contribution in [0.2, 0.25) is 0 Å². The standard InChI is InChI=1S/C14H21NO2S2/c1-14(2,3)12-11(13(16)17)19-10(15-12)8-18-9-6-4-5-7-9/h9H,4-8H2,1-3H3,(H,16,17). The molecule has 1 aromatic rings. The van der Waals surface area contributed by atoms with E-state index >= 15 is 0 Å². The summed E-state index contributed by atoms with van der Waals surface area (Å²) in [4.78, 5) is 16.3. The Morgan fingerprint density at radius 3 is 2.53 bits per heavy atom. The van der Waals surface area contributed by atoms with Gasteiger partial charge in [0.2, 0.25) is 0 Å². The molecule has 1 heterocycles. The summed E-state index contributed by atoms with van der Waals surface area (Å²) >= 11 is 3.28. The second-order valence-electron chi connectivity index (χ2n) is 6.06. The van der Waals surface area contributed by atoms with E-state index in [1.54, 1.807) is 0 Å². The first-order valence-electron chi connectivity index (χ1n) is 6.73. The zero-order valence-electron chi connectivity index (χ0n) is 11.7. The number of aromatic carboxylic acids is 1. The fourth-order valence-corrected chi connectivity index (χ4v) is 4.78. The number of carboxylic acids is 1. The Labute approximate surface area is 122 Å². The van der Waals surface area contributed by atoms with Crippen molar-refractivity contribution in [2.24, 2.45) is 0 Å². The van der Waals surface area contributed by atoms with Crippen LogP contribution in [0.3, 0.4) is 0 Å². The van der Waals surface area contributed by atoms with Crippen molar-refractivity contribution in [3.63, 3.8) is 0 Å². The first-order chi connectivity index (χ1) is 8.88. The van der Waals surface area contributed by atoms with Crippen molar-refractivity contribution < 1.29 is 9.90 Å². The summed E-state index contributed by atoms with van der Waals surface area (Å²) in [7, 11) is 0. The van der Waals surface area contributed by atoms with Gasteiger partial charge in [-0.2, -0.15) is 11.8 Å². The molecule has 0 saturated heterocycles. The molecule has 19 heavy (non-hydrogen) atoms. The second-order valence-corrected chi connectivity index (χ2v) is 8.43. The van der Waals surface area contributed by atoms with Gasteiger partial charge in [-0.25, -0.2) is 9.78 Å². The van der Waals surface area contributed by atoms with E-state index in [4.69, 9.17) is 0 Å². The Bertz CT molecular complexity index is 457. The van der Waals surface area contributed by atoms with Crippen LogP contribution in [0.4, 0.5) is 0 Å². The molecule has 0 radical (unpaired) electrons. The van der Waals surface area contributed by atoms with Crippen molar-refractivity contribution in [3.8, 4) is 0 Å². The molecule has 5 heteroatoms. The highest BCUT2D eigenvalue weighted by molar-refractivity contribution is 7.99. The van der Waals surface area contributed by atoms with E-state index in [-0.39, 0.29) is 5.41 Å². The quantitative estimate of drug-likeness (QED) is 0.900. The van der Waals surface area contributed by atoms with Gasteiger partial charge in [0.25, 0.3) is 0 Å². The van der Waals surface area contributed by atoms with Gasteiger partial charge in [-0.1, -0.05) is 33.6 Å². The number of carboxylic acid groups (broad SMARTS) is 1. The molecule has 0 amide bonds. The Morgan fingerprint density at radius 2 is 2.05 bits per heavy atom. The van der Waals surface area contributed by atoms with E-state index < -0.39 is 5.97 Å². The molecule has 1 aromatic heterocycles. The van der Waals surface area contributed by atoms with Crippen molar-refractivity contribution >= 4 is 29.1 Å². The monoisotopic (exact) mass is 299 g/mol. The average molecular weight is 299 g/mol. The Hall–Kier alpha value is -0.550. The highest BCUT2D eigenvalue weighted by atomic mass is 32.2. The van der Waals surface area contributed by atoms with Crippen LogP contribution in [0, 0.1) is 0 Å². The predicted octanol–water partition coefficient (Wildman–Crippen LogP) is 4.31. The summed E-state index contributed by atoms with van der Waals surface area (Å²) in [6.07, 6.45) is 5.27. The van der Waals surface area contributed by atoms with Gasteiger partial charge in [0.05, 0.1) is 5.69 Å². The number of hydrogen-bond donors (Lipinski definition) is 1. The molecule has 1 N–H and O–H groups in total. The molecule has 0 aliphatic heterocycles. The first kappa shape index (κ1) is 14.9. The maximum atomic E-state index is 11.3. The van der Waals surface area contributed by atoms with Crippen LogP contribution >= 0.6 is 23.1 Å². The minimum absolute atomic E-state index is 0.208. The van der Waals surface area contributed by atoms with Gasteiger partial charge in [0.15, 0.2) is 0 Å². The SMILES string of the molecule is CC(C)(C)c1nc(CSC2CCCC2)sc1C(=O)O. The van der Waals surface area contributed by atoms with Crippen LogP contribution in [-0.4, -0.2) is 21.3 Å². The van der Waals surface area contributed by atoms with E-state index in [2.05, 4.69) is 4.98 Å². The summed E-state index contributed by atoms with van der Waals surface area (Å²) in [5.41, 5.74) is 0.521. The molecule has 0 atom stereocenters. The van der Waals surface area contributed by atoms with E-state index in [1.807, 2.05) is 32.5 Å². The number of hydrogen-bond acceptors (Lipinski definition) is 4. The summed E-state index contributed by atoms with van der Waals surface area (Å²) in [5.74, 6) is 0.00522. The summed E-state index contributed by atoms with van der Waals surface area (Å²) < 4.78 is 0. The number of thiazole rings is 1. The molecule has 1 aliphatic carbocycles. The Balaban J connectivity index is 2.11. The number of rotatable bonds is 4. The van der Waals surface area contributed by atoms with Crippen molar-refractivity contribution in [2.45, 2.75) is 62.9 Å². The maximum Gasteiger partial charge on any atom is 0.347 e. The smallest absolute Gasteiger partial charge is 0.347 e. The van der Waals surface area contributed by atoms with Gasteiger partial charge in [0.1, 0.15) is 9.88 Å². The molecule has 0 bridgehead atoms. The molecule has 0 unspecified atom stereocenters. The van der Waals surface area contributed by atoms with Crippen LogP contribution in [0.1, 0.15) is 66.8 Å². The van der Waals surface area contributed by atoms with Gasteiger partial charge in [-0.05, 0) is 12.8 Å². The highest BCUT2D eigenvalue weighted by Gasteiger charge is 2.27. The van der Waals surface area contributed by atoms with Gasteiger partial charge >= 0.3 is 5.97 Å². The third kappa shape index (κ3) is 3.72.